The number of aryl methyl sites for hydroxylation is 2. The van der Waals surface area contributed by atoms with Gasteiger partial charge in [-0.1, -0.05) is 18.2 Å². The highest BCUT2D eigenvalue weighted by Gasteiger charge is 2.34. The van der Waals surface area contributed by atoms with Gasteiger partial charge in [0.2, 0.25) is 0 Å². The summed E-state index contributed by atoms with van der Waals surface area (Å²) < 4.78 is 0. The van der Waals surface area contributed by atoms with Crippen LogP contribution in [-0.4, -0.2) is 54.9 Å². The minimum Gasteiger partial charge on any atom is -0.267 e. The van der Waals surface area contributed by atoms with E-state index in [1.54, 1.807) is 19.2 Å². The number of carbonyl (C=O) groups excluding carboxylic acids is 2. The van der Waals surface area contributed by atoms with Crippen LogP contribution in [0.5, 0.6) is 0 Å². The number of hydrazine groups is 1. The van der Waals surface area contributed by atoms with Crippen molar-refractivity contribution in [2.75, 3.05) is 13.1 Å². The predicted molar refractivity (Wildman–Crippen MR) is 102 cm³/mol. The number of carbonyl (C=O) groups is 2. The fourth-order valence-corrected chi connectivity index (χ4v) is 3.24. The zero-order chi connectivity index (χ0) is 19.7. The SMILES string of the molecule is Cc1ccncc1C(=O)N1CCCN1C(=O)c1nn(-c2ccccc2)nc1C. The fourth-order valence-electron chi connectivity index (χ4n) is 3.24. The maximum atomic E-state index is 13.1. The Hall–Kier alpha value is -3.55. The normalized spacial score (nSPS) is 13.8. The highest BCUT2D eigenvalue weighted by Crippen LogP contribution is 2.20. The topological polar surface area (TPSA) is 84.2 Å². The summed E-state index contributed by atoms with van der Waals surface area (Å²) in [5.74, 6) is -0.559. The molecule has 0 radical (unpaired) electrons. The summed E-state index contributed by atoms with van der Waals surface area (Å²) in [5.41, 5.74) is 2.85. The average molecular weight is 376 g/mol. The molecule has 1 saturated heterocycles. The second-order valence-corrected chi connectivity index (χ2v) is 6.66. The van der Waals surface area contributed by atoms with E-state index in [4.69, 9.17) is 0 Å². The Balaban J connectivity index is 1.62. The Labute approximate surface area is 162 Å². The van der Waals surface area contributed by atoms with Crippen LogP contribution >= 0.6 is 0 Å². The monoisotopic (exact) mass is 376 g/mol. The minimum absolute atomic E-state index is 0.232. The van der Waals surface area contributed by atoms with Crippen molar-refractivity contribution in [2.45, 2.75) is 20.3 Å². The molecular formula is C20H20N6O2. The molecule has 1 aliphatic heterocycles. The zero-order valence-electron chi connectivity index (χ0n) is 15.7. The number of para-hydroxylation sites is 1. The van der Waals surface area contributed by atoms with E-state index in [1.807, 2.05) is 37.3 Å². The summed E-state index contributed by atoms with van der Waals surface area (Å²) in [5, 5.41) is 11.7. The number of benzene rings is 1. The molecule has 142 valence electrons. The van der Waals surface area contributed by atoms with E-state index in [1.165, 1.54) is 21.0 Å². The van der Waals surface area contributed by atoms with Gasteiger partial charge in [0.15, 0.2) is 5.69 Å². The van der Waals surface area contributed by atoms with Gasteiger partial charge in [0.1, 0.15) is 0 Å². The zero-order valence-corrected chi connectivity index (χ0v) is 15.7. The van der Waals surface area contributed by atoms with E-state index >= 15 is 0 Å². The van der Waals surface area contributed by atoms with Crippen LogP contribution in [-0.2, 0) is 0 Å². The van der Waals surface area contributed by atoms with Crippen LogP contribution in [0.1, 0.15) is 38.5 Å². The van der Waals surface area contributed by atoms with Gasteiger partial charge in [-0.3, -0.25) is 14.6 Å². The van der Waals surface area contributed by atoms with Gasteiger partial charge >= 0.3 is 0 Å². The second kappa shape index (κ2) is 7.22. The van der Waals surface area contributed by atoms with Gasteiger partial charge in [-0.05, 0) is 44.0 Å². The number of hydrogen-bond donors (Lipinski definition) is 0. The molecule has 2 aromatic heterocycles. The lowest BCUT2D eigenvalue weighted by Crippen LogP contribution is -2.45. The summed E-state index contributed by atoms with van der Waals surface area (Å²) in [6, 6.07) is 11.2. The van der Waals surface area contributed by atoms with Gasteiger partial charge in [-0.25, -0.2) is 10.0 Å². The number of amides is 2. The molecule has 8 nitrogen and oxygen atoms in total. The maximum absolute atomic E-state index is 13.1. The number of hydrogen-bond acceptors (Lipinski definition) is 5. The quantitative estimate of drug-likeness (QED) is 0.700. The Morgan fingerprint density at radius 3 is 2.36 bits per heavy atom. The van der Waals surface area contributed by atoms with Crippen LogP contribution in [0.15, 0.2) is 48.8 Å². The highest BCUT2D eigenvalue weighted by atomic mass is 16.2. The smallest absolute Gasteiger partial charge is 0.267 e. The molecule has 0 spiro atoms. The van der Waals surface area contributed by atoms with Crippen LogP contribution in [0.2, 0.25) is 0 Å². The molecule has 1 fully saturated rings. The first-order valence-corrected chi connectivity index (χ1v) is 9.10. The molecule has 0 saturated carbocycles. The summed E-state index contributed by atoms with van der Waals surface area (Å²) in [7, 11) is 0. The molecule has 3 aromatic rings. The number of nitrogens with zero attached hydrogens (tertiary/aromatic N) is 6. The third kappa shape index (κ3) is 3.13. The molecule has 1 aromatic carbocycles. The molecule has 0 N–H and O–H groups in total. The van der Waals surface area contributed by atoms with Crippen LogP contribution in [0.25, 0.3) is 5.69 Å². The summed E-state index contributed by atoms with van der Waals surface area (Å²) in [4.78, 5) is 31.6. The van der Waals surface area contributed by atoms with E-state index in [0.717, 1.165) is 11.3 Å². The van der Waals surface area contributed by atoms with Gasteiger partial charge in [0.05, 0.1) is 16.9 Å². The first-order valence-electron chi connectivity index (χ1n) is 9.10. The Kier molecular flexibility index (Phi) is 4.60. The lowest BCUT2D eigenvalue weighted by Gasteiger charge is -2.27. The maximum Gasteiger partial charge on any atom is 0.294 e. The van der Waals surface area contributed by atoms with E-state index in [9.17, 15) is 9.59 Å². The molecule has 2 amide bonds. The third-order valence-electron chi connectivity index (χ3n) is 4.74. The molecule has 0 atom stereocenters. The van der Waals surface area contributed by atoms with E-state index < -0.39 is 0 Å². The largest absolute Gasteiger partial charge is 0.294 e. The Morgan fingerprint density at radius 2 is 1.64 bits per heavy atom. The average Bonchev–Trinajstić information content (AvgIpc) is 3.35. The lowest BCUT2D eigenvalue weighted by atomic mass is 10.1. The molecule has 0 bridgehead atoms. The van der Waals surface area contributed by atoms with E-state index in [-0.39, 0.29) is 17.5 Å². The first kappa shape index (κ1) is 17.8. The molecule has 0 unspecified atom stereocenters. The lowest BCUT2D eigenvalue weighted by molar-refractivity contribution is 0.0181. The standard InChI is InChI=1S/C20H20N6O2/c1-14-9-10-21-13-17(14)19(27)24-11-6-12-25(24)20(28)18-15(2)22-26(23-18)16-7-4-3-5-8-16/h3-5,7-10,13H,6,11-12H2,1-2H3. The molecule has 8 heteroatoms. The first-order chi connectivity index (χ1) is 13.6. The van der Waals surface area contributed by atoms with Crippen molar-refractivity contribution in [2.24, 2.45) is 0 Å². The van der Waals surface area contributed by atoms with E-state index in [0.29, 0.717) is 30.8 Å². The van der Waals surface area contributed by atoms with Crippen molar-refractivity contribution in [3.63, 3.8) is 0 Å². The molecule has 3 heterocycles. The second-order valence-electron chi connectivity index (χ2n) is 6.66. The van der Waals surface area contributed by atoms with Gasteiger partial charge in [-0.2, -0.15) is 9.90 Å². The van der Waals surface area contributed by atoms with Crippen molar-refractivity contribution in [3.8, 4) is 5.69 Å². The third-order valence-corrected chi connectivity index (χ3v) is 4.74. The molecule has 28 heavy (non-hydrogen) atoms. The summed E-state index contributed by atoms with van der Waals surface area (Å²) >= 11 is 0. The van der Waals surface area contributed by atoms with Crippen molar-refractivity contribution < 1.29 is 9.59 Å². The van der Waals surface area contributed by atoms with Crippen molar-refractivity contribution in [3.05, 3.63) is 71.3 Å². The Morgan fingerprint density at radius 1 is 0.929 bits per heavy atom. The van der Waals surface area contributed by atoms with Crippen LogP contribution in [0.3, 0.4) is 0 Å². The van der Waals surface area contributed by atoms with Gasteiger partial charge in [0, 0.05) is 25.5 Å². The Bertz CT molecular complexity index is 1030. The van der Waals surface area contributed by atoms with Gasteiger partial charge in [-0.15, -0.1) is 5.10 Å². The number of pyridine rings is 1. The molecule has 0 aliphatic carbocycles. The number of aromatic nitrogens is 4. The molecular weight excluding hydrogens is 356 g/mol. The molecule has 4 rings (SSSR count). The van der Waals surface area contributed by atoms with Gasteiger partial charge < -0.3 is 0 Å². The fraction of sp³-hybridized carbons (Fsp3) is 0.250. The molecule has 1 aliphatic rings. The van der Waals surface area contributed by atoms with Crippen LogP contribution < -0.4 is 0 Å². The predicted octanol–water partition coefficient (Wildman–Crippen LogP) is 2.18. The van der Waals surface area contributed by atoms with Crippen LogP contribution in [0.4, 0.5) is 0 Å². The van der Waals surface area contributed by atoms with Gasteiger partial charge in [0.25, 0.3) is 11.8 Å². The van der Waals surface area contributed by atoms with E-state index in [2.05, 4.69) is 15.2 Å². The summed E-state index contributed by atoms with van der Waals surface area (Å²) in [6.07, 6.45) is 3.89. The van der Waals surface area contributed by atoms with Crippen molar-refractivity contribution in [1.82, 2.24) is 30.0 Å². The minimum atomic E-state index is -0.327. The number of rotatable bonds is 3. The highest BCUT2D eigenvalue weighted by molar-refractivity contribution is 5.99. The van der Waals surface area contributed by atoms with Crippen molar-refractivity contribution >= 4 is 11.8 Å². The van der Waals surface area contributed by atoms with Crippen LogP contribution in [0, 0.1) is 13.8 Å². The summed E-state index contributed by atoms with van der Waals surface area (Å²) in [6.45, 7) is 4.53. The van der Waals surface area contributed by atoms with Crippen molar-refractivity contribution in [1.29, 1.82) is 0 Å².